The van der Waals surface area contributed by atoms with Gasteiger partial charge in [-0.15, -0.1) is 0 Å². The second kappa shape index (κ2) is 6.19. The van der Waals surface area contributed by atoms with Crippen molar-refractivity contribution in [3.8, 4) is 0 Å². The molecule has 15 heavy (non-hydrogen) atoms. The summed E-state index contributed by atoms with van der Waals surface area (Å²) in [7, 11) is 4.02. The van der Waals surface area contributed by atoms with E-state index >= 15 is 0 Å². The highest BCUT2D eigenvalue weighted by Crippen LogP contribution is 1.95. The van der Waals surface area contributed by atoms with Crippen LogP contribution in [0.25, 0.3) is 0 Å². The highest BCUT2D eigenvalue weighted by Gasteiger charge is 2.04. The minimum Gasteiger partial charge on any atom is -0.451 e. The first-order valence-corrected chi connectivity index (χ1v) is 4.97. The Bertz CT molecular complexity index is 283. The lowest BCUT2D eigenvalue weighted by molar-refractivity contribution is -0.120. The maximum atomic E-state index is 11.3. The molecule has 0 radical (unpaired) electrons. The zero-order valence-electron chi connectivity index (χ0n) is 9.19. The molecule has 1 aromatic rings. The summed E-state index contributed by atoms with van der Waals surface area (Å²) in [5.74, 6) is -0.0114. The van der Waals surface area contributed by atoms with Crippen LogP contribution in [0.1, 0.15) is 12.1 Å². The Balaban J connectivity index is 2.09. The number of rotatable bonds is 6. The van der Waals surface area contributed by atoms with Gasteiger partial charge in [0.1, 0.15) is 6.26 Å². The minimum absolute atomic E-state index is 0.0114. The van der Waals surface area contributed by atoms with Gasteiger partial charge in [0, 0.05) is 6.54 Å². The smallest absolute Gasteiger partial charge is 0.226 e. The van der Waals surface area contributed by atoms with E-state index in [1.54, 1.807) is 0 Å². The number of hydrogen-bond donors (Lipinski definition) is 1. The van der Waals surface area contributed by atoms with E-state index in [1.807, 2.05) is 14.1 Å². The molecule has 0 bridgehead atoms. The van der Waals surface area contributed by atoms with Crippen molar-refractivity contribution in [1.29, 1.82) is 0 Å². The molecule has 5 heteroatoms. The normalized spacial score (nSPS) is 10.6. The highest BCUT2D eigenvalue weighted by atomic mass is 16.3. The van der Waals surface area contributed by atoms with Crippen molar-refractivity contribution in [2.24, 2.45) is 0 Å². The van der Waals surface area contributed by atoms with Gasteiger partial charge in [-0.25, -0.2) is 4.98 Å². The Hall–Kier alpha value is -1.36. The van der Waals surface area contributed by atoms with E-state index in [4.69, 9.17) is 4.42 Å². The molecule has 0 unspecified atom stereocenters. The number of oxazole rings is 1. The van der Waals surface area contributed by atoms with Crippen LogP contribution in [0.4, 0.5) is 0 Å². The molecule has 1 N–H and O–H groups in total. The number of hydrogen-bond acceptors (Lipinski definition) is 4. The third-order valence-electron chi connectivity index (χ3n) is 1.93. The number of amides is 1. The molecule has 0 atom stereocenters. The van der Waals surface area contributed by atoms with Crippen LogP contribution in [-0.2, 0) is 11.2 Å². The van der Waals surface area contributed by atoms with Crippen LogP contribution in [-0.4, -0.2) is 43.0 Å². The first-order valence-electron chi connectivity index (χ1n) is 4.97. The maximum absolute atomic E-state index is 11.3. The summed E-state index contributed by atoms with van der Waals surface area (Å²) < 4.78 is 4.77. The van der Waals surface area contributed by atoms with E-state index < -0.39 is 0 Å². The van der Waals surface area contributed by atoms with Gasteiger partial charge < -0.3 is 14.6 Å². The first-order chi connectivity index (χ1) is 7.18. The van der Waals surface area contributed by atoms with E-state index in [9.17, 15) is 4.79 Å². The van der Waals surface area contributed by atoms with Crippen molar-refractivity contribution in [2.75, 3.05) is 27.2 Å². The molecular weight excluding hydrogens is 194 g/mol. The molecular formula is C10H17N3O2. The summed E-state index contributed by atoms with van der Waals surface area (Å²) in [6, 6.07) is 0. The molecule has 1 amide bonds. The van der Waals surface area contributed by atoms with Crippen LogP contribution < -0.4 is 5.32 Å². The number of carbonyl (C=O) groups excluding carboxylic acids is 1. The first kappa shape index (κ1) is 11.7. The summed E-state index contributed by atoms with van der Waals surface area (Å²) in [5.41, 5.74) is 0.667. The number of nitrogens with zero attached hydrogens (tertiary/aromatic N) is 2. The average molecular weight is 211 g/mol. The number of carbonyl (C=O) groups is 1. The van der Waals surface area contributed by atoms with Gasteiger partial charge in [-0.2, -0.15) is 0 Å². The van der Waals surface area contributed by atoms with E-state index in [0.717, 1.165) is 13.0 Å². The average Bonchev–Trinajstić information content (AvgIpc) is 2.64. The summed E-state index contributed by atoms with van der Waals surface area (Å²) >= 11 is 0. The molecule has 1 rings (SSSR count). The molecule has 0 aromatic carbocycles. The van der Waals surface area contributed by atoms with E-state index in [2.05, 4.69) is 15.2 Å². The molecule has 0 spiro atoms. The zero-order valence-corrected chi connectivity index (χ0v) is 9.19. The van der Waals surface area contributed by atoms with Crippen LogP contribution >= 0.6 is 0 Å². The predicted molar refractivity (Wildman–Crippen MR) is 56.4 cm³/mol. The molecule has 84 valence electrons. The van der Waals surface area contributed by atoms with E-state index in [-0.39, 0.29) is 5.91 Å². The molecule has 1 aromatic heterocycles. The van der Waals surface area contributed by atoms with Gasteiger partial charge in [0.05, 0.1) is 12.1 Å². The van der Waals surface area contributed by atoms with Gasteiger partial charge in [-0.1, -0.05) is 0 Å². The third-order valence-corrected chi connectivity index (χ3v) is 1.93. The van der Waals surface area contributed by atoms with Crippen LogP contribution in [0.3, 0.4) is 0 Å². The van der Waals surface area contributed by atoms with Crippen molar-refractivity contribution in [1.82, 2.24) is 15.2 Å². The Labute approximate surface area is 89.5 Å². The van der Waals surface area contributed by atoms with Gasteiger partial charge in [0.15, 0.2) is 6.39 Å². The van der Waals surface area contributed by atoms with Crippen molar-refractivity contribution in [3.05, 3.63) is 18.4 Å². The topological polar surface area (TPSA) is 58.4 Å². The van der Waals surface area contributed by atoms with Crippen molar-refractivity contribution in [3.63, 3.8) is 0 Å². The zero-order chi connectivity index (χ0) is 11.1. The fourth-order valence-electron chi connectivity index (χ4n) is 1.17. The van der Waals surface area contributed by atoms with Crippen molar-refractivity contribution in [2.45, 2.75) is 12.8 Å². The Morgan fingerprint density at radius 2 is 2.40 bits per heavy atom. The van der Waals surface area contributed by atoms with Crippen molar-refractivity contribution >= 4 is 5.91 Å². The molecule has 0 saturated heterocycles. The lowest BCUT2D eigenvalue weighted by Gasteiger charge is -2.09. The van der Waals surface area contributed by atoms with E-state index in [0.29, 0.717) is 18.7 Å². The monoisotopic (exact) mass is 211 g/mol. The van der Waals surface area contributed by atoms with Crippen molar-refractivity contribution < 1.29 is 9.21 Å². The Morgan fingerprint density at radius 1 is 1.60 bits per heavy atom. The molecule has 0 aliphatic rings. The highest BCUT2D eigenvalue weighted by molar-refractivity contribution is 5.77. The fourth-order valence-corrected chi connectivity index (χ4v) is 1.17. The third kappa shape index (κ3) is 5.17. The molecule has 0 aliphatic heterocycles. The van der Waals surface area contributed by atoms with Crippen LogP contribution in [0.15, 0.2) is 17.1 Å². The summed E-state index contributed by atoms with van der Waals surface area (Å²) in [6.45, 7) is 1.68. The minimum atomic E-state index is -0.0114. The van der Waals surface area contributed by atoms with E-state index in [1.165, 1.54) is 12.7 Å². The van der Waals surface area contributed by atoms with Gasteiger partial charge in [-0.3, -0.25) is 4.79 Å². The fraction of sp³-hybridized carbons (Fsp3) is 0.600. The Kier molecular flexibility index (Phi) is 4.83. The van der Waals surface area contributed by atoms with Gasteiger partial charge in [0.25, 0.3) is 0 Å². The van der Waals surface area contributed by atoms with Crippen LogP contribution in [0, 0.1) is 0 Å². The molecule has 0 fully saturated rings. The lowest BCUT2D eigenvalue weighted by Crippen LogP contribution is -2.28. The SMILES string of the molecule is CN(C)CCCNC(=O)Cc1cocn1. The largest absolute Gasteiger partial charge is 0.451 e. The second-order valence-electron chi connectivity index (χ2n) is 3.66. The van der Waals surface area contributed by atoms with Crippen LogP contribution in [0.5, 0.6) is 0 Å². The maximum Gasteiger partial charge on any atom is 0.226 e. The Morgan fingerprint density at radius 3 is 3.00 bits per heavy atom. The van der Waals surface area contributed by atoms with Gasteiger partial charge in [0.2, 0.25) is 5.91 Å². The molecule has 0 saturated carbocycles. The quantitative estimate of drug-likeness (QED) is 0.687. The predicted octanol–water partition coefficient (Wildman–Crippen LogP) is 0.285. The number of aromatic nitrogens is 1. The number of nitrogens with one attached hydrogen (secondary N) is 1. The summed E-state index contributed by atoms with van der Waals surface area (Å²) in [6.07, 6.45) is 4.06. The van der Waals surface area contributed by atoms with Gasteiger partial charge in [-0.05, 0) is 27.1 Å². The summed E-state index contributed by atoms with van der Waals surface area (Å²) in [5, 5.41) is 2.83. The molecule has 0 aliphatic carbocycles. The van der Waals surface area contributed by atoms with Gasteiger partial charge >= 0.3 is 0 Å². The second-order valence-corrected chi connectivity index (χ2v) is 3.66. The lowest BCUT2D eigenvalue weighted by atomic mass is 10.3. The molecule has 1 heterocycles. The standard InChI is InChI=1S/C10H17N3O2/c1-13(2)5-3-4-11-10(14)6-9-7-15-8-12-9/h7-8H,3-6H2,1-2H3,(H,11,14). The summed E-state index contributed by atoms with van der Waals surface area (Å²) in [4.78, 5) is 17.3. The molecule has 5 nitrogen and oxygen atoms in total. The van der Waals surface area contributed by atoms with Crippen LogP contribution in [0.2, 0.25) is 0 Å².